The van der Waals surface area contributed by atoms with Crippen molar-refractivity contribution in [2.45, 2.75) is 12.8 Å². The number of halogens is 3. The van der Waals surface area contributed by atoms with Crippen LogP contribution in [0.4, 0.5) is 8.78 Å². The van der Waals surface area contributed by atoms with Crippen molar-refractivity contribution in [3.8, 4) is 0 Å². The van der Waals surface area contributed by atoms with Gasteiger partial charge in [0.25, 0.3) is 6.43 Å². The number of nitrogens with zero attached hydrogens (tertiary/aromatic N) is 2. The summed E-state index contributed by atoms with van der Waals surface area (Å²) in [5.41, 5.74) is 0. The molecule has 0 saturated carbocycles. The molecule has 1 amide bonds. The van der Waals surface area contributed by atoms with E-state index in [1.165, 1.54) is 0 Å². The van der Waals surface area contributed by atoms with Gasteiger partial charge in [-0.3, -0.25) is 9.69 Å². The minimum absolute atomic E-state index is 0. The van der Waals surface area contributed by atoms with Crippen LogP contribution in [0.5, 0.6) is 0 Å². The molecule has 1 rings (SSSR count). The third-order valence-electron chi connectivity index (χ3n) is 2.67. The van der Waals surface area contributed by atoms with Gasteiger partial charge in [-0.15, -0.1) is 12.4 Å². The van der Waals surface area contributed by atoms with Crippen molar-refractivity contribution in [1.29, 1.82) is 0 Å². The molecule has 1 aliphatic rings. The van der Waals surface area contributed by atoms with Crippen molar-refractivity contribution in [2.75, 3.05) is 46.3 Å². The molecular weight excluding hydrogens is 252 g/mol. The van der Waals surface area contributed by atoms with Gasteiger partial charge in [0.2, 0.25) is 5.91 Å². The summed E-state index contributed by atoms with van der Waals surface area (Å²) in [5, 5.41) is 2.80. The Hall–Kier alpha value is -0.460. The highest BCUT2D eigenvalue weighted by atomic mass is 35.5. The fraction of sp³-hybridized carbons (Fsp3) is 0.900. The number of alkyl halides is 2. The van der Waals surface area contributed by atoms with Gasteiger partial charge in [-0.1, -0.05) is 0 Å². The van der Waals surface area contributed by atoms with Crippen LogP contribution in [0.3, 0.4) is 0 Å². The zero-order chi connectivity index (χ0) is 12.0. The van der Waals surface area contributed by atoms with E-state index in [2.05, 4.69) is 5.32 Å². The van der Waals surface area contributed by atoms with E-state index in [1.807, 2.05) is 0 Å². The highest BCUT2D eigenvalue weighted by Crippen LogP contribution is 2.05. The Morgan fingerprint density at radius 1 is 1.29 bits per heavy atom. The molecule has 0 atom stereocenters. The molecule has 0 aromatic heterocycles. The number of amides is 1. The predicted octanol–water partition coefficient (Wildman–Crippen LogP) is 0.427. The van der Waals surface area contributed by atoms with Gasteiger partial charge in [0.05, 0.1) is 13.1 Å². The first-order valence-electron chi connectivity index (χ1n) is 5.56. The summed E-state index contributed by atoms with van der Waals surface area (Å²) >= 11 is 0. The molecule has 0 radical (unpaired) electrons. The van der Waals surface area contributed by atoms with Gasteiger partial charge in [-0.2, -0.15) is 0 Å². The van der Waals surface area contributed by atoms with Crippen molar-refractivity contribution in [3.05, 3.63) is 0 Å². The fourth-order valence-corrected chi connectivity index (χ4v) is 1.86. The lowest BCUT2D eigenvalue weighted by atomic mass is 10.3. The molecule has 0 aromatic rings. The van der Waals surface area contributed by atoms with Gasteiger partial charge in [-0.25, -0.2) is 8.78 Å². The van der Waals surface area contributed by atoms with Crippen LogP contribution in [0.25, 0.3) is 0 Å². The Morgan fingerprint density at radius 2 is 2.00 bits per heavy atom. The van der Waals surface area contributed by atoms with E-state index in [-0.39, 0.29) is 24.9 Å². The van der Waals surface area contributed by atoms with Gasteiger partial charge in [-0.05, 0) is 13.5 Å². The second-order valence-electron chi connectivity index (χ2n) is 3.96. The molecule has 0 spiro atoms. The van der Waals surface area contributed by atoms with Gasteiger partial charge in [0.1, 0.15) is 0 Å². The maximum atomic E-state index is 12.2. The van der Waals surface area contributed by atoms with Crippen molar-refractivity contribution < 1.29 is 13.6 Å². The van der Waals surface area contributed by atoms with Crippen LogP contribution >= 0.6 is 12.4 Å². The number of hydrogen-bond donors (Lipinski definition) is 1. The maximum Gasteiger partial charge on any atom is 0.251 e. The minimum Gasteiger partial charge on any atom is -0.340 e. The summed E-state index contributed by atoms with van der Waals surface area (Å²) in [7, 11) is 1.72. The topological polar surface area (TPSA) is 35.6 Å². The van der Waals surface area contributed by atoms with E-state index in [0.717, 1.165) is 6.42 Å². The summed E-state index contributed by atoms with van der Waals surface area (Å²) in [5.74, 6) is 0.0430. The van der Waals surface area contributed by atoms with E-state index in [1.54, 1.807) is 16.8 Å². The van der Waals surface area contributed by atoms with E-state index >= 15 is 0 Å². The van der Waals surface area contributed by atoms with Crippen molar-refractivity contribution in [3.63, 3.8) is 0 Å². The number of nitrogens with one attached hydrogen (secondary N) is 1. The van der Waals surface area contributed by atoms with Crippen LogP contribution in [-0.2, 0) is 4.79 Å². The van der Waals surface area contributed by atoms with Gasteiger partial charge < -0.3 is 10.2 Å². The van der Waals surface area contributed by atoms with Crippen LogP contribution in [-0.4, -0.2) is 68.4 Å². The predicted molar refractivity (Wildman–Crippen MR) is 64.8 cm³/mol. The molecule has 1 N–H and O–H groups in total. The molecule has 0 aliphatic carbocycles. The molecule has 102 valence electrons. The molecule has 7 heteroatoms. The standard InChI is InChI=1S/C10H19F2N3O.ClH/c1-13-7-10(16)15-4-2-3-14(5-6-15)8-9(11)12;/h9,13H,2-8H2,1H3;1H. The van der Waals surface area contributed by atoms with Crippen LogP contribution < -0.4 is 5.32 Å². The first-order valence-corrected chi connectivity index (χ1v) is 5.56. The molecule has 4 nitrogen and oxygen atoms in total. The van der Waals surface area contributed by atoms with Crippen molar-refractivity contribution >= 4 is 18.3 Å². The van der Waals surface area contributed by atoms with Crippen molar-refractivity contribution in [2.24, 2.45) is 0 Å². The lowest BCUT2D eigenvalue weighted by Gasteiger charge is -2.21. The average Bonchev–Trinajstić information content (AvgIpc) is 2.43. The van der Waals surface area contributed by atoms with E-state index in [0.29, 0.717) is 32.7 Å². The lowest BCUT2D eigenvalue weighted by molar-refractivity contribution is -0.130. The molecule has 1 saturated heterocycles. The second kappa shape index (κ2) is 8.60. The van der Waals surface area contributed by atoms with Gasteiger partial charge in [0.15, 0.2) is 0 Å². The summed E-state index contributed by atoms with van der Waals surface area (Å²) in [4.78, 5) is 15.0. The van der Waals surface area contributed by atoms with Gasteiger partial charge >= 0.3 is 0 Å². The summed E-state index contributed by atoms with van der Waals surface area (Å²) < 4.78 is 24.4. The monoisotopic (exact) mass is 271 g/mol. The number of carbonyl (C=O) groups is 1. The highest BCUT2D eigenvalue weighted by Gasteiger charge is 2.20. The number of likely N-dealkylation sites (N-methyl/N-ethyl adjacent to an activating group) is 1. The SMILES string of the molecule is CNCC(=O)N1CCCN(CC(F)F)CC1.Cl. The largest absolute Gasteiger partial charge is 0.340 e. The Kier molecular flexibility index (Phi) is 8.37. The van der Waals surface area contributed by atoms with Gasteiger partial charge in [0, 0.05) is 26.2 Å². The molecule has 1 aliphatic heterocycles. The number of carbonyl (C=O) groups excluding carboxylic acids is 1. The molecule has 0 bridgehead atoms. The Morgan fingerprint density at radius 3 is 2.59 bits per heavy atom. The molecule has 1 heterocycles. The summed E-state index contributed by atoms with van der Waals surface area (Å²) in [6, 6.07) is 0. The lowest BCUT2D eigenvalue weighted by Crippen LogP contribution is -2.40. The molecule has 1 fully saturated rings. The number of hydrogen-bond acceptors (Lipinski definition) is 3. The maximum absolute atomic E-state index is 12.2. The minimum atomic E-state index is -2.29. The summed E-state index contributed by atoms with van der Waals surface area (Å²) in [6.45, 7) is 2.53. The number of rotatable bonds is 4. The third-order valence-corrected chi connectivity index (χ3v) is 2.67. The van der Waals surface area contributed by atoms with Crippen LogP contribution in [0.1, 0.15) is 6.42 Å². The zero-order valence-electron chi connectivity index (χ0n) is 9.99. The summed E-state index contributed by atoms with van der Waals surface area (Å²) in [6.07, 6.45) is -1.53. The fourth-order valence-electron chi connectivity index (χ4n) is 1.86. The van der Waals surface area contributed by atoms with Crippen molar-refractivity contribution in [1.82, 2.24) is 15.1 Å². The Balaban J connectivity index is 0.00000256. The third kappa shape index (κ3) is 6.14. The highest BCUT2D eigenvalue weighted by molar-refractivity contribution is 5.85. The van der Waals surface area contributed by atoms with Crippen LogP contribution in [0.2, 0.25) is 0 Å². The van der Waals surface area contributed by atoms with E-state index in [4.69, 9.17) is 0 Å². The Bertz CT molecular complexity index is 232. The molecular formula is C10H20ClF2N3O. The zero-order valence-corrected chi connectivity index (χ0v) is 10.8. The van der Waals surface area contributed by atoms with E-state index in [9.17, 15) is 13.6 Å². The average molecular weight is 272 g/mol. The van der Waals surface area contributed by atoms with E-state index < -0.39 is 6.43 Å². The quantitative estimate of drug-likeness (QED) is 0.805. The normalized spacial score (nSPS) is 17.8. The molecule has 0 aromatic carbocycles. The molecule has 0 unspecified atom stereocenters. The first kappa shape index (κ1) is 16.5. The van der Waals surface area contributed by atoms with Crippen LogP contribution in [0.15, 0.2) is 0 Å². The Labute approximate surface area is 107 Å². The molecule has 17 heavy (non-hydrogen) atoms. The smallest absolute Gasteiger partial charge is 0.251 e. The first-order chi connectivity index (χ1) is 7.63. The van der Waals surface area contributed by atoms with Crippen LogP contribution in [0, 0.1) is 0 Å². The second-order valence-corrected chi connectivity index (χ2v) is 3.96.